The van der Waals surface area contributed by atoms with Crippen molar-refractivity contribution in [2.75, 3.05) is 12.4 Å². The number of amides is 1. The zero-order valence-corrected chi connectivity index (χ0v) is 16.5. The van der Waals surface area contributed by atoms with E-state index >= 15 is 0 Å². The van der Waals surface area contributed by atoms with Crippen molar-refractivity contribution in [3.8, 4) is 17.2 Å². The van der Waals surface area contributed by atoms with Crippen LogP contribution < -0.4 is 15.4 Å². The SMILES string of the molecule is CCC(=O)NC(=S)Nc1cc(-c2nc3cc(C)c(C)cc3o2)ccc1OC. The summed E-state index contributed by atoms with van der Waals surface area (Å²) in [5.74, 6) is 0.936. The minimum Gasteiger partial charge on any atom is -0.495 e. The molecule has 0 saturated carbocycles. The number of carbonyl (C=O) groups excluding carboxylic acids is 1. The van der Waals surface area contributed by atoms with Crippen LogP contribution in [0.25, 0.3) is 22.6 Å². The third kappa shape index (κ3) is 4.09. The minimum atomic E-state index is -0.160. The lowest BCUT2D eigenvalue weighted by atomic mass is 10.1. The summed E-state index contributed by atoms with van der Waals surface area (Å²) in [5, 5.41) is 5.81. The maximum Gasteiger partial charge on any atom is 0.227 e. The van der Waals surface area contributed by atoms with Gasteiger partial charge in [-0.25, -0.2) is 4.98 Å². The van der Waals surface area contributed by atoms with E-state index in [0.29, 0.717) is 23.7 Å². The molecule has 1 aromatic heterocycles. The van der Waals surface area contributed by atoms with Crippen LogP contribution in [0.5, 0.6) is 5.75 Å². The first-order chi connectivity index (χ1) is 12.9. The van der Waals surface area contributed by atoms with E-state index < -0.39 is 0 Å². The maximum absolute atomic E-state index is 11.5. The fourth-order valence-electron chi connectivity index (χ4n) is 2.61. The van der Waals surface area contributed by atoms with E-state index in [2.05, 4.69) is 15.6 Å². The first-order valence-corrected chi connectivity index (χ1v) is 8.99. The van der Waals surface area contributed by atoms with Crippen LogP contribution >= 0.6 is 12.2 Å². The van der Waals surface area contributed by atoms with Crippen LogP contribution in [0.3, 0.4) is 0 Å². The number of nitrogens with one attached hydrogen (secondary N) is 2. The van der Waals surface area contributed by atoms with Crippen molar-refractivity contribution in [2.45, 2.75) is 27.2 Å². The second kappa shape index (κ2) is 7.75. The predicted molar refractivity (Wildman–Crippen MR) is 110 cm³/mol. The molecule has 2 N–H and O–H groups in total. The number of hydrogen-bond acceptors (Lipinski definition) is 5. The zero-order valence-electron chi connectivity index (χ0n) is 15.7. The third-order valence-corrected chi connectivity index (χ3v) is 4.48. The van der Waals surface area contributed by atoms with Gasteiger partial charge < -0.3 is 19.8 Å². The Balaban J connectivity index is 1.95. The molecule has 0 bridgehead atoms. The number of aryl methyl sites for hydroxylation is 2. The highest BCUT2D eigenvalue weighted by molar-refractivity contribution is 7.80. The average molecular weight is 383 g/mol. The Morgan fingerprint density at radius 1 is 1.22 bits per heavy atom. The lowest BCUT2D eigenvalue weighted by Gasteiger charge is -2.13. The van der Waals surface area contributed by atoms with Crippen LogP contribution in [0, 0.1) is 13.8 Å². The standard InChI is InChI=1S/C20H21N3O3S/c1-5-18(24)23-20(27)22-15-10-13(6-7-16(15)25-4)19-21-14-8-11(2)12(3)9-17(14)26-19/h6-10H,5H2,1-4H3,(H2,22,23,24,27). The van der Waals surface area contributed by atoms with Gasteiger partial charge in [-0.1, -0.05) is 6.92 Å². The zero-order chi connectivity index (χ0) is 19.6. The quantitative estimate of drug-likeness (QED) is 0.653. The topological polar surface area (TPSA) is 76.4 Å². The van der Waals surface area contributed by atoms with Crippen molar-refractivity contribution in [3.63, 3.8) is 0 Å². The van der Waals surface area contributed by atoms with E-state index in [9.17, 15) is 4.79 Å². The van der Waals surface area contributed by atoms with Gasteiger partial charge in [0.15, 0.2) is 10.7 Å². The van der Waals surface area contributed by atoms with Crippen molar-refractivity contribution in [3.05, 3.63) is 41.5 Å². The molecule has 0 aliphatic rings. The molecule has 6 nitrogen and oxygen atoms in total. The van der Waals surface area contributed by atoms with Gasteiger partial charge in [-0.2, -0.15) is 0 Å². The number of thiocarbonyl (C=S) groups is 1. The Kier molecular flexibility index (Phi) is 5.41. The number of rotatable bonds is 4. The molecule has 0 fully saturated rings. The highest BCUT2D eigenvalue weighted by atomic mass is 32.1. The average Bonchev–Trinajstić information content (AvgIpc) is 3.04. The van der Waals surface area contributed by atoms with E-state index in [4.69, 9.17) is 21.4 Å². The van der Waals surface area contributed by atoms with Gasteiger partial charge >= 0.3 is 0 Å². The number of nitrogens with zero attached hydrogens (tertiary/aromatic N) is 1. The summed E-state index contributed by atoms with van der Waals surface area (Å²) in [7, 11) is 1.57. The largest absolute Gasteiger partial charge is 0.495 e. The Morgan fingerprint density at radius 2 is 1.96 bits per heavy atom. The highest BCUT2D eigenvalue weighted by Crippen LogP contribution is 2.32. The van der Waals surface area contributed by atoms with Gasteiger partial charge in [-0.3, -0.25) is 4.79 Å². The molecule has 0 radical (unpaired) electrons. The van der Waals surface area contributed by atoms with Crippen LogP contribution in [0.4, 0.5) is 5.69 Å². The Hall–Kier alpha value is -2.93. The second-order valence-electron chi connectivity index (χ2n) is 6.19. The lowest BCUT2D eigenvalue weighted by Crippen LogP contribution is -2.33. The molecule has 2 aromatic carbocycles. The third-order valence-electron chi connectivity index (χ3n) is 4.27. The first kappa shape index (κ1) is 18.8. The van der Waals surface area contributed by atoms with Gasteiger partial charge in [-0.05, 0) is 67.5 Å². The molecule has 3 rings (SSSR count). The van der Waals surface area contributed by atoms with Gasteiger partial charge in [0, 0.05) is 12.0 Å². The van der Waals surface area contributed by atoms with Crippen LogP contribution in [0.1, 0.15) is 24.5 Å². The highest BCUT2D eigenvalue weighted by Gasteiger charge is 2.13. The Bertz CT molecular complexity index is 988. The molecule has 0 saturated heterocycles. The van der Waals surface area contributed by atoms with Gasteiger partial charge in [-0.15, -0.1) is 0 Å². The van der Waals surface area contributed by atoms with Crippen LogP contribution in [-0.2, 0) is 4.79 Å². The molecule has 1 heterocycles. The molecule has 0 aliphatic heterocycles. The monoisotopic (exact) mass is 383 g/mol. The normalized spacial score (nSPS) is 10.7. The van der Waals surface area contributed by atoms with Crippen molar-refractivity contribution in [2.24, 2.45) is 0 Å². The summed E-state index contributed by atoms with van der Waals surface area (Å²) in [6, 6.07) is 9.48. The summed E-state index contributed by atoms with van der Waals surface area (Å²) < 4.78 is 11.3. The molecule has 0 spiro atoms. The van der Waals surface area contributed by atoms with Gasteiger partial charge in [0.05, 0.1) is 12.8 Å². The molecule has 7 heteroatoms. The van der Waals surface area contributed by atoms with E-state index in [1.165, 1.54) is 0 Å². The Labute approximate surface area is 162 Å². The van der Waals surface area contributed by atoms with Gasteiger partial charge in [0.2, 0.25) is 11.8 Å². The first-order valence-electron chi connectivity index (χ1n) is 8.58. The summed E-state index contributed by atoms with van der Waals surface area (Å²) >= 11 is 5.19. The number of oxazole rings is 1. The summed E-state index contributed by atoms with van der Waals surface area (Å²) in [6.45, 7) is 5.85. The molecule has 3 aromatic rings. The number of ether oxygens (including phenoxy) is 1. The second-order valence-corrected chi connectivity index (χ2v) is 6.60. The molecule has 140 valence electrons. The summed E-state index contributed by atoms with van der Waals surface area (Å²) in [4.78, 5) is 16.1. The fourth-order valence-corrected chi connectivity index (χ4v) is 2.83. The van der Waals surface area contributed by atoms with E-state index in [-0.39, 0.29) is 11.0 Å². The van der Waals surface area contributed by atoms with E-state index in [1.54, 1.807) is 20.1 Å². The number of anilines is 1. The maximum atomic E-state index is 11.5. The molecule has 1 amide bonds. The molecular formula is C20H21N3O3S. The Morgan fingerprint density at radius 3 is 2.67 bits per heavy atom. The van der Waals surface area contributed by atoms with Crippen LogP contribution in [0.2, 0.25) is 0 Å². The van der Waals surface area contributed by atoms with Crippen molar-refractivity contribution < 1.29 is 13.9 Å². The smallest absolute Gasteiger partial charge is 0.227 e. The van der Waals surface area contributed by atoms with Crippen molar-refractivity contribution in [1.82, 2.24) is 10.3 Å². The van der Waals surface area contributed by atoms with E-state index in [0.717, 1.165) is 27.8 Å². The number of methoxy groups -OCH3 is 1. The molecule has 0 atom stereocenters. The molecule has 0 aliphatic carbocycles. The fraction of sp³-hybridized carbons (Fsp3) is 0.250. The van der Waals surface area contributed by atoms with Crippen molar-refractivity contribution in [1.29, 1.82) is 0 Å². The number of hydrogen-bond donors (Lipinski definition) is 2. The van der Waals surface area contributed by atoms with Crippen molar-refractivity contribution >= 4 is 40.0 Å². The number of fused-ring (bicyclic) bond motifs is 1. The number of carbonyl (C=O) groups is 1. The molecule has 27 heavy (non-hydrogen) atoms. The van der Waals surface area contributed by atoms with Crippen LogP contribution in [-0.4, -0.2) is 23.1 Å². The minimum absolute atomic E-state index is 0.160. The summed E-state index contributed by atoms with van der Waals surface area (Å²) in [5.41, 5.74) is 5.25. The number of aromatic nitrogens is 1. The predicted octanol–water partition coefficient (Wildman–Crippen LogP) is 4.34. The number of benzene rings is 2. The molecule has 0 unspecified atom stereocenters. The summed E-state index contributed by atoms with van der Waals surface area (Å²) in [6.07, 6.45) is 0.348. The van der Waals surface area contributed by atoms with Gasteiger partial charge in [0.1, 0.15) is 11.3 Å². The molecular weight excluding hydrogens is 362 g/mol. The van der Waals surface area contributed by atoms with Crippen LogP contribution in [0.15, 0.2) is 34.7 Å². The van der Waals surface area contributed by atoms with E-state index in [1.807, 2.05) is 38.1 Å². The van der Waals surface area contributed by atoms with Gasteiger partial charge in [0.25, 0.3) is 0 Å². The lowest BCUT2D eigenvalue weighted by molar-refractivity contribution is -0.119.